The van der Waals surface area contributed by atoms with Gasteiger partial charge in [-0.25, -0.2) is 8.78 Å². The van der Waals surface area contributed by atoms with Crippen molar-refractivity contribution in [3.8, 4) is 11.3 Å². The molecule has 34 heavy (non-hydrogen) atoms. The quantitative estimate of drug-likeness (QED) is 0.560. The topological polar surface area (TPSA) is 103 Å². The molecule has 10 heteroatoms. The molecule has 0 radical (unpaired) electrons. The number of hydrogen-bond donors (Lipinski definition) is 1. The average molecular weight is 469 g/mol. The van der Waals surface area contributed by atoms with Crippen LogP contribution in [-0.2, 0) is 15.1 Å². The highest BCUT2D eigenvalue weighted by molar-refractivity contribution is 5.92. The maximum absolute atomic E-state index is 14.4. The van der Waals surface area contributed by atoms with Crippen molar-refractivity contribution in [3.05, 3.63) is 53.0 Å². The third-order valence-corrected chi connectivity index (χ3v) is 7.26. The molecule has 0 unspecified atom stereocenters. The second-order valence-corrected chi connectivity index (χ2v) is 9.40. The number of anilines is 1. The van der Waals surface area contributed by atoms with Crippen molar-refractivity contribution in [1.29, 1.82) is 0 Å². The Morgan fingerprint density at radius 3 is 2.62 bits per heavy atom. The zero-order valence-electron chi connectivity index (χ0n) is 19.4. The number of amides is 1. The summed E-state index contributed by atoms with van der Waals surface area (Å²) in [6.45, 7) is 7.63. The van der Waals surface area contributed by atoms with E-state index in [4.69, 9.17) is 9.15 Å². The molecule has 178 valence electrons. The Kier molecular flexibility index (Phi) is 5.23. The van der Waals surface area contributed by atoms with E-state index in [9.17, 15) is 13.6 Å². The summed E-state index contributed by atoms with van der Waals surface area (Å²) in [5.74, 6) is -1.40. The number of benzene rings is 1. The normalized spacial score (nSPS) is 23.1. The van der Waals surface area contributed by atoms with Crippen LogP contribution >= 0.6 is 0 Å². The summed E-state index contributed by atoms with van der Waals surface area (Å²) in [5, 5.41) is 18.7. The first-order valence-electron chi connectivity index (χ1n) is 11.3. The van der Waals surface area contributed by atoms with Crippen LogP contribution in [0.2, 0.25) is 0 Å². The van der Waals surface area contributed by atoms with E-state index < -0.39 is 34.7 Å². The van der Waals surface area contributed by atoms with Gasteiger partial charge in [-0.05, 0) is 48.9 Å². The summed E-state index contributed by atoms with van der Waals surface area (Å²) in [4.78, 5) is 13.0. The molecule has 1 saturated carbocycles. The fraction of sp³-hybridized carbons (Fsp3) is 0.458. The van der Waals surface area contributed by atoms with Gasteiger partial charge in [-0.2, -0.15) is 5.10 Å². The van der Waals surface area contributed by atoms with E-state index in [0.29, 0.717) is 24.4 Å². The summed E-state index contributed by atoms with van der Waals surface area (Å²) in [6.07, 6.45) is 1.05. The summed E-state index contributed by atoms with van der Waals surface area (Å²) in [6, 6.07) is 5.43. The zero-order valence-corrected chi connectivity index (χ0v) is 19.4. The Morgan fingerprint density at radius 1 is 1.24 bits per heavy atom. The number of rotatable bonds is 6. The first kappa shape index (κ1) is 22.5. The fourth-order valence-electron chi connectivity index (χ4n) is 5.49. The maximum atomic E-state index is 14.4. The Hall–Kier alpha value is -3.27. The first-order valence-corrected chi connectivity index (χ1v) is 11.3. The lowest BCUT2D eigenvalue weighted by molar-refractivity contribution is -0.164. The number of carbonyl (C=O) groups is 1. The molecule has 1 amide bonds. The van der Waals surface area contributed by atoms with E-state index in [1.165, 1.54) is 18.2 Å². The van der Waals surface area contributed by atoms with Crippen LogP contribution in [0.15, 0.2) is 28.7 Å². The predicted octanol–water partition coefficient (Wildman–Crippen LogP) is 4.66. The molecule has 2 aliphatic rings. The monoisotopic (exact) mass is 469 g/mol. The second kappa shape index (κ2) is 7.90. The van der Waals surface area contributed by atoms with Gasteiger partial charge in [-0.3, -0.25) is 10.1 Å². The molecule has 0 spiro atoms. The standard InChI is InChI=1S/C24H25F2N5O3/c1-5-18(21(32)27-22-31-28-12(2)33-22)34-24-10-9-14(23(24,3)4)13-11-17(29-30-20(13)24)19-15(25)7-6-8-16(19)26/h6-8,11,14,18H,5,9-10H2,1-4H3,(H,27,31,32)/t14-,18+,24-/m0/s1. The van der Waals surface area contributed by atoms with Crippen molar-refractivity contribution in [2.75, 3.05) is 5.32 Å². The number of carbonyl (C=O) groups excluding carboxylic acids is 1. The number of ether oxygens (including phenoxy) is 1. The molecule has 0 aliphatic heterocycles. The maximum Gasteiger partial charge on any atom is 0.322 e. The van der Waals surface area contributed by atoms with Gasteiger partial charge in [-0.1, -0.05) is 31.9 Å². The van der Waals surface area contributed by atoms with Crippen LogP contribution in [0, 0.1) is 24.0 Å². The summed E-state index contributed by atoms with van der Waals surface area (Å²) >= 11 is 0. The minimum atomic E-state index is -0.866. The van der Waals surface area contributed by atoms with Gasteiger partial charge in [0, 0.05) is 12.3 Å². The SMILES string of the molecule is CC[C@@H](O[C@@]12CC[C@@H](c3cc(-c4c(F)cccc4F)nnc31)C2(C)C)C(=O)Nc1nnc(C)o1. The number of hydrogen-bond acceptors (Lipinski definition) is 7. The number of nitrogens with zero attached hydrogens (tertiary/aromatic N) is 4. The van der Waals surface area contributed by atoms with Gasteiger partial charge < -0.3 is 9.15 Å². The number of halogens is 2. The number of nitrogens with one attached hydrogen (secondary N) is 1. The van der Waals surface area contributed by atoms with Gasteiger partial charge in [0.25, 0.3) is 5.91 Å². The van der Waals surface area contributed by atoms with Crippen LogP contribution in [0.1, 0.15) is 63.1 Å². The van der Waals surface area contributed by atoms with Crippen molar-refractivity contribution < 1.29 is 22.7 Å². The highest BCUT2D eigenvalue weighted by Crippen LogP contribution is 2.68. The van der Waals surface area contributed by atoms with E-state index in [1.54, 1.807) is 13.0 Å². The van der Waals surface area contributed by atoms with E-state index in [-0.39, 0.29) is 23.2 Å². The first-order chi connectivity index (χ1) is 16.2. The average Bonchev–Trinajstić information content (AvgIpc) is 3.37. The molecule has 8 nitrogen and oxygen atoms in total. The zero-order chi connectivity index (χ0) is 24.3. The smallest absolute Gasteiger partial charge is 0.322 e. The van der Waals surface area contributed by atoms with Gasteiger partial charge in [-0.15, -0.1) is 10.2 Å². The van der Waals surface area contributed by atoms with Crippen LogP contribution in [0.25, 0.3) is 11.3 Å². The van der Waals surface area contributed by atoms with Crippen molar-refractivity contribution in [2.24, 2.45) is 5.41 Å². The number of aromatic nitrogens is 4. The molecule has 1 fully saturated rings. The van der Waals surface area contributed by atoms with Crippen molar-refractivity contribution in [1.82, 2.24) is 20.4 Å². The fourth-order valence-corrected chi connectivity index (χ4v) is 5.49. The second-order valence-electron chi connectivity index (χ2n) is 9.40. The van der Waals surface area contributed by atoms with Crippen LogP contribution in [0.5, 0.6) is 0 Å². The minimum Gasteiger partial charge on any atom is -0.408 e. The van der Waals surface area contributed by atoms with Crippen molar-refractivity contribution in [2.45, 2.75) is 64.6 Å². The van der Waals surface area contributed by atoms with Gasteiger partial charge in [0.2, 0.25) is 5.89 Å². The van der Waals surface area contributed by atoms with Crippen LogP contribution in [0.3, 0.4) is 0 Å². The van der Waals surface area contributed by atoms with Crippen LogP contribution < -0.4 is 5.32 Å². The Morgan fingerprint density at radius 2 is 1.97 bits per heavy atom. The van der Waals surface area contributed by atoms with E-state index in [0.717, 1.165) is 12.0 Å². The van der Waals surface area contributed by atoms with Crippen molar-refractivity contribution in [3.63, 3.8) is 0 Å². The molecule has 1 aromatic carbocycles. The molecule has 1 N–H and O–H groups in total. The summed E-state index contributed by atoms with van der Waals surface area (Å²) < 4.78 is 40.6. The molecule has 2 bridgehead atoms. The molecular formula is C24H25F2N5O3. The summed E-state index contributed by atoms with van der Waals surface area (Å²) in [7, 11) is 0. The van der Waals surface area contributed by atoms with E-state index in [2.05, 4.69) is 39.6 Å². The Bertz CT molecular complexity index is 1260. The van der Waals surface area contributed by atoms with E-state index in [1.807, 2.05) is 6.92 Å². The molecule has 0 saturated heterocycles. The highest BCUT2D eigenvalue weighted by atomic mass is 19.1. The molecule has 5 rings (SSSR count). The lowest BCUT2D eigenvalue weighted by Crippen LogP contribution is -2.45. The van der Waals surface area contributed by atoms with Crippen molar-refractivity contribution >= 4 is 11.9 Å². The largest absolute Gasteiger partial charge is 0.408 e. The van der Waals surface area contributed by atoms with Gasteiger partial charge >= 0.3 is 6.01 Å². The molecular weight excluding hydrogens is 444 g/mol. The number of aryl methyl sites for hydroxylation is 1. The molecule has 2 aromatic heterocycles. The third kappa shape index (κ3) is 3.23. The van der Waals surface area contributed by atoms with Crippen LogP contribution in [-0.4, -0.2) is 32.4 Å². The molecule has 3 aromatic rings. The summed E-state index contributed by atoms with van der Waals surface area (Å²) in [5.41, 5.74) is 0.138. The van der Waals surface area contributed by atoms with Gasteiger partial charge in [0.05, 0.1) is 17.0 Å². The third-order valence-electron chi connectivity index (χ3n) is 7.26. The molecule has 2 aliphatic carbocycles. The molecule has 2 heterocycles. The Labute approximate surface area is 195 Å². The van der Waals surface area contributed by atoms with Crippen LogP contribution in [0.4, 0.5) is 14.8 Å². The lowest BCUT2D eigenvalue weighted by Gasteiger charge is -2.39. The highest BCUT2D eigenvalue weighted by Gasteiger charge is 2.65. The van der Waals surface area contributed by atoms with Gasteiger partial charge in [0.1, 0.15) is 23.3 Å². The van der Waals surface area contributed by atoms with Gasteiger partial charge in [0.15, 0.2) is 0 Å². The lowest BCUT2D eigenvalue weighted by atomic mass is 9.77. The predicted molar refractivity (Wildman–Crippen MR) is 118 cm³/mol. The Balaban J connectivity index is 1.50. The minimum absolute atomic E-state index is 0.00813. The number of fused-ring (bicyclic) bond motifs is 5. The molecule has 3 atom stereocenters. The van der Waals surface area contributed by atoms with E-state index >= 15 is 0 Å².